The number of hydrogen-bond donors (Lipinski definition) is 2. The summed E-state index contributed by atoms with van der Waals surface area (Å²) in [6.07, 6.45) is 12.1. The highest BCUT2D eigenvalue weighted by molar-refractivity contribution is 14.0. The molecule has 8 heteroatoms. The number of nitrogens with one attached hydrogen (secondary N) is 2. The maximum Gasteiger partial charge on any atom is 0.191 e. The van der Waals surface area contributed by atoms with Crippen molar-refractivity contribution in [2.24, 2.45) is 4.99 Å². The third-order valence-electron chi connectivity index (χ3n) is 6.68. The molecule has 0 bridgehead atoms. The van der Waals surface area contributed by atoms with E-state index in [9.17, 15) is 4.39 Å². The smallest absolute Gasteiger partial charge is 0.191 e. The van der Waals surface area contributed by atoms with Crippen molar-refractivity contribution in [3.63, 3.8) is 0 Å². The number of likely N-dealkylation sites (tertiary alicyclic amines) is 1. The van der Waals surface area contributed by atoms with Gasteiger partial charge >= 0.3 is 0 Å². The molecule has 1 aliphatic heterocycles. The van der Waals surface area contributed by atoms with E-state index in [0.29, 0.717) is 12.6 Å². The fraction of sp³-hybridized carbons (Fsp3) is 0.600. The quantitative estimate of drug-likeness (QED) is 0.293. The number of rotatable bonds is 7. The summed E-state index contributed by atoms with van der Waals surface area (Å²) in [5.74, 6) is 0.667. The Bertz CT molecular complexity index is 854. The molecule has 2 heterocycles. The lowest BCUT2D eigenvalue weighted by molar-refractivity contribution is 0.119. The van der Waals surface area contributed by atoms with Gasteiger partial charge in [0.05, 0.1) is 11.4 Å². The number of piperidine rings is 1. The van der Waals surface area contributed by atoms with Crippen molar-refractivity contribution in [3.8, 4) is 5.69 Å². The third-order valence-corrected chi connectivity index (χ3v) is 6.68. The van der Waals surface area contributed by atoms with E-state index in [1.54, 1.807) is 16.8 Å². The van der Waals surface area contributed by atoms with Gasteiger partial charge in [-0.25, -0.2) is 9.07 Å². The van der Waals surface area contributed by atoms with Crippen LogP contribution in [0.15, 0.2) is 41.5 Å². The van der Waals surface area contributed by atoms with Gasteiger partial charge in [0, 0.05) is 50.9 Å². The van der Waals surface area contributed by atoms with E-state index in [1.807, 2.05) is 12.3 Å². The van der Waals surface area contributed by atoms with Crippen LogP contribution in [0.2, 0.25) is 0 Å². The Morgan fingerprint density at radius 2 is 1.79 bits per heavy atom. The Hall–Kier alpha value is -1.68. The largest absolute Gasteiger partial charge is 0.357 e. The van der Waals surface area contributed by atoms with E-state index in [0.717, 1.165) is 36.3 Å². The van der Waals surface area contributed by atoms with Crippen LogP contribution in [0.1, 0.15) is 57.6 Å². The zero-order valence-electron chi connectivity index (χ0n) is 19.7. The number of guanidine groups is 1. The van der Waals surface area contributed by atoms with Gasteiger partial charge in [-0.1, -0.05) is 19.3 Å². The number of benzene rings is 1. The van der Waals surface area contributed by atoms with Crippen molar-refractivity contribution in [3.05, 3.63) is 48.0 Å². The van der Waals surface area contributed by atoms with Crippen LogP contribution in [0.25, 0.3) is 5.69 Å². The SMILES string of the molecule is CCNC(=NCCc1ccn(-c2ccc(F)cc2)n1)NC1CCN(C2CCCCC2)CC1.I. The van der Waals surface area contributed by atoms with Crippen molar-refractivity contribution in [2.45, 2.75) is 70.4 Å². The molecule has 1 saturated carbocycles. The molecule has 2 aromatic rings. The van der Waals surface area contributed by atoms with Crippen LogP contribution in [-0.4, -0.2) is 58.9 Å². The lowest BCUT2D eigenvalue weighted by Gasteiger charge is -2.39. The maximum absolute atomic E-state index is 13.1. The van der Waals surface area contributed by atoms with Gasteiger partial charge in [-0.3, -0.25) is 4.99 Å². The summed E-state index contributed by atoms with van der Waals surface area (Å²) >= 11 is 0. The molecule has 0 amide bonds. The van der Waals surface area contributed by atoms with E-state index < -0.39 is 0 Å². The Morgan fingerprint density at radius 1 is 1.06 bits per heavy atom. The summed E-state index contributed by atoms with van der Waals surface area (Å²) in [7, 11) is 0. The molecule has 4 rings (SSSR count). The molecule has 182 valence electrons. The molecular formula is C25H38FIN6. The fourth-order valence-electron chi connectivity index (χ4n) is 4.88. The van der Waals surface area contributed by atoms with Crippen LogP contribution < -0.4 is 10.6 Å². The summed E-state index contributed by atoms with van der Waals surface area (Å²) in [5.41, 5.74) is 1.84. The van der Waals surface area contributed by atoms with Crippen molar-refractivity contribution in [1.82, 2.24) is 25.3 Å². The maximum atomic E-state index is 13.1. The van der Waals surface area contributed by atoms with Crippen LogP contribution in [0.4, 0.5) is 4.39 Å². The molecule has 0 spiro atoms. The minimum absolute atomic E-state index is 0. The first-order chi connectivity index (χ1) is 15.7. The van der Waals surface area contributed by atoms with Gasteiger partial charge in [0.1, 0.15) is 5.82 Å². The molecule has 2 N–H and O–H groups in total. The number of aromatic nitrogens is 2. The zero-order valence-corrected chi connectivity index (χ0v) is 22.0. The van der Waals surface area contributed by atoms with E-state index in [2.05, 4.69) is 27.6 Å². The number of halogens is 2. The second-order valence-corrected chi connectivity index (χ2v) is 8.99. The molecule has 1 aliphatic carbocycles. The van der Waals surface area contributed by atoms with Gasteiger partial charge in [0.25, 0.3) is 0 Å². The normalized spacial score (nSPS) is 18.7. The minimum Gasteiger partial charge on any atom is -0.357 e. The Balaban J connectivity index is 0.00000306. The highest BCUT2D eigenvalue weighted by Crippen LogP contribution is 2.25. The first-order valence-corrected chi connectivity index (χ1v) is 12.3. The van der Waals surface area contributed by atoms with E-state index in [-0.39, 0.29) is 29.8 Å². The molecule has 33 heavy (non-hydrogen) atoms. The van der Waals surface area contributed by atoms with E-state index in [1.165, 1.54) is 70.2 Å². The molecular weight excluding hydrogens is 530 g/mol. The van der Waals surface area contributed by atoms with Gasteiger partial charge < -0.3 is 15.5 Å². The topological polar surface area (TPSA) is 57.5 Å². The monoisotopic (exact) mass is 568 g/mol. The number of nitrogens with zero attached hydrogens (tertiary/aromatic N) is 4. The van der Waals surface area contributed by atoms with Crippen molar-refractivity contribution in [1.29, 1.82) is 0 Å². The average molecular weight is 569 g/mol. The number of hydrogen-bond acceptors (Lipinski definition) is 3. The van der Waals surface area contributed by atoms with E-state index >= 15 is 0 Å². The first-order valence-electron chi connectivity index (χ1n) is 12.3. The lowest BCUT2D eigenvalue weighted by Crippen LogP contribution is -2.51. The summed E-state index contributed by atoms with van der Waals surface area (Å²) in [5, 5.41) is 11.6. The van der Waals surface area contributed by atoms with Crippen LogP contribution >= 0.6 is 24.0 Å². The zero-order chi connectivity index (χ0) is 22.2. The first kappa shape index (κ1) is 25.9. The van der Waals surface area contributed by atoms with Crippen LogP contribution in [0, 0.1) is 5.82 Å². The predicted octanol–water partition coefficient (Wildman–Crippen LogP) is 4.52. The van der Waals surface area contributed by atoms with Crippen LogP contribution in [0.5, 0.6) is 0 Å². The molecule has 1 aromatic heterocycles. The van der Waals surface area contributed by atoms with Crippen molar-refractivity contribution >= 4 is 29.9 Å². The standard InChI is InChI=1S/C25H37FN6.HI/c1-2-27-25(29-21-13-17-31(18-14-21)23-6-4-3-5-7-23)28-16-12-22-15-19-32(30-22)24-10-8-20(26)9-11-24;/h8-11,15,19,21,23H,2-7,12-14,16-18H2,1H3,(H2,27,28,29);1H. The summed E-state index contributed by atoms with van der Waals surface area (Å²) in [4.78, 5) is 7.51. The molecule has 2 fully saturated rings. The Morgan fingerprint density at radius 3 is 2.48 bits per heavy atom. The second kappa shape index (κ2) is 13.3. The van der Waals surface area contributed by atoms with Gasteiger partial charge in [-0.05, 0) is 62.9 Å². The minimum atomic E-state index is -0.237. The molecule has 0 atom stereocenters. The van der Waals surface area contributed by atoms with Crippen molar-refractivity contribution < 1.29 is 4.39 Å². The molecule has 2 aliphatic rings. The molecule has 1 saturated heterocycles. The Labute approximate surface area is 214 Å². The summed E-state index contributed by atoms with van der Waals surface area (Å²) < 4.78 is 14.9. The number of aliphatic imine (C=N–C) groups is 1. The molecule has 0 radical (unpaired) electrons. The van der Waals surface area contributed by atoms with Gasteiger partial charge in [0.15, 0.2) is 5.96 Å². The van der Waals surface area contributed by atoms with E-state index in [4.69, 9.17) is 4.99 Å². The summed E-state index contributed by atoms with van der Waals surface area (Å²) in [6.45, 7) is 6.03. The predicted molar refractivity (Wildman–Crippen MR) is 143 cm³/mol. The fourth-order valence-corrected chi connectivity index (χ4v) is 4.88. The van der Waals surface area contributed by atoms with Gasteiger partial charge in [-0.15, -0.1) is 24.0 Å². The lowest BCUT2D eigenvalue weighted by atomic mass is 9.92. The van der Waals surface area contributed by atoms with Crippen molar-refractivity contribution in [2.75, 3.05) is 26.2 Å². The average Bonchev–Trinajstić information content (AvgIpc) is 3.30. The van der Waals surface area contributed by atoms with Crippen LogP contribution in [-0.2, 0) is 6.42 Å². The summed E-state index contributed by atoms with van der Waals surface area (Å²) in [6, 6.07) is 9.68. The third kappa shape index (κ3) is 7.67. The second-order valence-electron chi connectivity index (χ2n) is 8.99. The van der Waals surface area contributed by atoms with Gasteiger partial charge in [0.2, 0.25) is 0 Å². The molecule has 1 aromatic carbocycles. The van der Waals surface area contributed by atoms with Crippen LogP contribution in [0.3, 0.4) is 0 Å². The highest BCUT2D eigenvalue weighted by Gasteiger charge is 2.26. The molecule has 6 nitrogen and oxygen atoms in total. The Kier molecular flexibility index (Phi) is 10.4. The molecule has 0 unspecified atom stereocenters. The van der Waals surface area contributed by atoms with Gasteiger partial charge in [-0.2, -0.15) is 5.10 Å². The highest BCUT2D eigenvalue weighted by atomic mass is 127.